The smallest absolute Gasteiger partial charge is 0.418 e. The van der Waals surface area contributed by atoms with E-state index in [1.54, 1.807) is 48.5 Å². The number of fused-ring (bicyclic) bond motifs is 2. The Morgan fingerprint density at radius 2 is 0.609 bits per heavy atom. The van der Waals surface area contributed by atoms with Crippen LogP contribution in [-0.2, 0) is 69.1 Å². The third-order valence-corrected chi connectivity index (χ3v) is 21.8. The molecule has 606 valence electrons. The van der Waals surface area contributed by atoms with Crippen molar-refractivity contribution >= 4 is 78.5 Å². The Balaban J connectivity index is 1.02. The van der Waals surface area contributed by atoms with Crippen molar-refractivity contribution in [1.82, 2.24) is 19.6 Å². The van der Waals surface area contributed by atoms with Crippen LogP contribution in [0.1, 0.15) is 154 Å². The van der Waals surface area contributed by atoms with Crippen molar-refractivity contribution in [1.29, 1.82) is 0 Å². The van der Waals surface area contributed by atoms with Gasteiger partial charge in [0.05, 0.1) is 102 Å². The van der Waals surface area contributed by atoms with E-state index in [0.717, 1.165) is 32.1 Å². The number of epoxide rings is 4. The van der Waals surface area contributed by atoms with Crippen LogP contribution in [0.25, 0.3) is 43.1 Å². The molecule has 6 atom stereocenters. The topological polar surface area (TPSA) is 239 Å². The number of benzene rings is 9. The Labute approximate surface area is 665 Å². The second-order valence-electron chi connectivity index (χ2n) is 34.5. The Hall–Kier alpha value is -9.83. The summed E-state index contributed by atoms with van der Waals surface area (Å²) in [6, 6.07) is 29.5. The van der Waals surface area contributed by atoms with Crippen LogP contribution >= 0.6 is 0 Å². The van der Waals surface area contributed by atoms with Crippen molar-refractivity contribution in [3.8, 4) is 46.0 Å². The van der Waals surface area contributed by atoms with Crippen LogP contribution < -0.4 is 18.9 Å². The molecule has 6 aliphatic rings. The van der Waals surface area contributed by atoms with E-state index in [2.05, 4.69) is 41.5 Å². The number of hydrogen-bond donors (Lipinski definition) is 0. The van der Waals surface area contributed by atoms with E-state index in [9.17, 15) is 0 Å². The molecule has 6 unspecified atom stereocenters. The predicted octanol–water partition coefficient (Wildman–Crippen LogP) is 15.9. The Kier molecular flexibility index (Phi) is 21.9. The molecule has 9 aromatic rings. The molecule has 9 aromatic carbocycles. The molecule has 15 rings (SSSR count). The van der Waals surface area contributed by atoms with E-state index < -0.39 is 77.9 Å². The lowest BCUT2D eigenvalue weighted by Gasteiger charge is -2.37. The maximum Gasteiger partial charge on any atom is 0.418 e. The van der Waals surface area contributed by atoms with Crippen LogP contribution in [0, 0.1) is 0 Å². The van der Waals surface area contributed by atoms with E-state index in [1.165, 1.54) is 36.1 Å². The molecule has 0 spiro atoms. The van der Waals surface area contributed by atoms with E-state index in [4.69, 9.17) is 56.8 Å². The Bertz CT molecular complexity index is 4930. The molecule has 4 saturated heterocycles. The summed E-state index contributed by atoms with van der Waals surface area (Å²) < 4.78 is 124. The monoisotopic (exact) mass is 1580 g/mol. The molecule has 6 heterocycles. The summed E-state index contributed by atoms with van der Waals surface area (Å²) in [6.45, 7) is 27.9. The fourth-order valence-electron chi connectivity index (χ4n) is 14.9. The van der Waals surface area contributed by atoms with E-state index >= 15 is 41.9 Å². The maximum absolute atomic E-state index is 16.8. The van der Waals surface area contributed by atoms with Gasteiger partial charge in [0.1, 0.15) is 76.5 Å². The van der Waals surface area contributed by atoms with Gasteiger partial charge in [0.2, 0.25) is 11.9 Å². The van der Waals surface area contributed by atoms with Crippen LogP contribution in [0.5, 0.6) is 46.0 Å². The minimum Gasteiger partial charge on any atom is -0.457 e. The fraction of sp³-hybridized carbons (Fsp3) is 0.444. The summed E-state index contributed by atoms with van der Waals surface area (Å²) in [5.74, 6) is -6.61. The fourth-order valence-corrected chi connectivity index (χ4v) is 14.9. The van der Waals surface area contributed by atoms with Gasteiger partial charge >= 0.3 is 6.18 Å². The molecule has 0 aromatic heterocycles. The first kappa shape index (κ1) is 80.4. The number of carbonyl (C=O) groups is 6. The summed E-state index contributed by atoms with van der Waals surface area (Å²) in [5.41, 5.74) is 1.14. The van der Waals surface area contributed by atoms with Crippen molar-refractivity contribution in [3.05, 3.63) is 166 Å². The van der Waals surface area contributed by atoms with Gasteiger partial charge in [-0.3, -0.25) is 38.6 Å². The molecular formula is C90H97F3N4O18. The highest BCUT2D eigenvalue weighted by Gasteiger charge is 2.57. The summed E-state index contributed by atoms with van der Waals surface area (Å²) in [5, 5.41) is 0.430. The molecule has 6 aliphatic heterocycles. The third kappa shape index (κ3) is 17.1. The van der Waals surface area contributed by atoms with Crippen LogP contribution in [0.2, 0.25) is 0 Å². The number of alkyl halides is 3. The van der Waals surface area contributed by atoms with Gasteiger partial charge in [-0.15, -0.1) is 0 Å². The Morgan fingerprint density at radius 1 is 0.374 bits per heavy atom. The number of carbonyl (C=O) groups excluding carboxylic acids is 6. The first-order valence-electron chi connectivity index (χ1n) is 39.3. The number of ether oxygens (including phenoxy) is 12. The van der Waals surface area contributed by atoms with E-state index in [1.807, 2.05) is 90.1 Å². The molecule has 0 radical (unpaired) electrons. The molecule has 6 amide bonds. The highest BCUT2D eigenvalue weighted by Crippen LogP contribution is 2.59. The SMILES string of the molecule is CC(C(=O)N(CCOCC1CO1)CCOCC1CO1)N1C(=O)c2cc(Oc3ccc(C(C)(C)C)cc3)c3c4c(Oc5ccc(C(C)(C)C)cc5)cc5c6c(cc(Oc7ccc(C(C)(C)C)cc7)c(c7c(Oc8ccc(C(C)(C)C)cc8)cc(c2c37)C1=O)c64)C(=O)N(C(C(=O)N(CCOCC1CO1)CCOCC1CO1)C(F)(F)F)C5=O. The number of imide groups is 2. The van der Waals surface area contributed by atoms with Crippen molar-refractivity contribution in [2.24, 2.45) is 0 Å². The lowest BCUT2D eigenvalue weighted by atomic mass is 9.80. The molecule has 4 fully saturated rings. The van der Waals surface area contributed by atoms with Gasteiger partial charge < -0.3 is 66.6 Å². The molecule has 115 heavy (non-hydrogen) atoms. The lowest BCUT2D eigenvalue weighted by molar-refractivity contribution is -0.187. The van der Waals surface area contributed by atoms with Gasteiger partial charge in [-0.1, -0.05) is 132 Å². The van der Waals surface area contributed by atoms with Gasteiger partial charge in [-0.05, 0) is 124 Å². The van der Waals surface area contributed by atoms with Gasteiger partial charge in [0.15, 0.2) is 0 Å². The highest BCUT2D eigenvalue weighted by molar-refractivity contribution is 6.45. The third-order valence-electron chi connectivity index (χ3n) is 21.8. The van der Waals surface area contributed by atoms with Gasteiger partial charge in [0.25, 0.3) is 29.5 Å². The molecule has 0 bridgehead atoms. The summed E-state index contributed by atoms with van der Waals surface area (Å²) in [4.78, 5) is 99.8. The number of rotatable bonds is 32. The van der Waals surface area contributed by atoms with E-state index in [0.29, 0.717) is 39.6 Å². The van der Waals surface area contributed by atoms with Crippen molar-refractivity contribution in [3.63, 3.8) is 0 Å². The minimum absolute atomic E-state index is 0.0113. The first-order valence-corrected chi connectivity index (χ1v) is 39.3. The molecule has 0 saturated carbocycles. The average Bonchev–Trinajstić information content (AvgIpc) is 1.66. The molecule has 22 nitrogen and oxygen atoms in total. The quantitative estimate of drug-likeness (QED) is 0.0125. The number of nitrogens with zero attached hydrogens (tertiary/aromatic N) is 4. The number of hydrogen-bond acceptors (Lipinski definition) is 18. The maximum atomic E-state index is 16.8. The van der Waals surface area contributed by atoms with Gasteiger partial charge in [0, 0.05) is 69.3 Å². The van der Waals surface area contributed by atoms with Crippen molar-refractivity contribution in [2.45, 2.75) is 154 Å². The minimum atomic E-state index is -5.62. The first-order chi connectivity index (χ1) is 54.6. The van der Waals surface area contributed by atoms with E-state index in [-0.39, 0.29) is 204 Å². The van der Waals surface area contributed by atoms with Crippen LogP contribution in [0.3, 0.4) is 0 Å². The van der Waals surface area contributed by atoms with Gasteiger partial charge in [-0.2, -0.15) is 13.2 Å². The zero-order valence-corrected chi connectivity index (χ0v) is 67.1. The zero-order valence-electron chi connectivity index (χ0n) is 67.1. The highest BCUT2D eigenvalue weighted by atomic mass is 19.4. The van der Waals surface area contributed by atoms with Crippen LogP contribution in [0.15, 0.2) is 121 Å². The number of amides is 6. The molecule has 25 heteroatoms. The van der Waals surface area contributed by atoms with Crippen molar-refractivity contribution in [2.75, 3.05) is 105 Å². The molecule has 0 N–H and O–H groups in total. The summed E-state index contributed by atoms with van der Waals surface area (Å²) in [7, 11) is 0. The normalized spacial score (nSPS) is 18.6. The van der Waals surface area contributed by atoms with Crippen LogP contribution in [0.4, 0.5) is 13.2 Å². The largest absolute Gasteiger partial charge is 0.457 e. The van der Waals surface area contributed by atoms with Gasteiger partial charge in [-0.25, -0.2) is 0 Å². The standard InChI is InChI=1S/C90H97F3N4O18/c1-50(80(98)94(30-34-104-42-59-46-108-59)31-35-105-43-60-47-109-60)96-81(99)63-38-67(112-55-22-14-51(15-23-55)86(2,3)4)73-75-69(114-57-26-18-53(19-27-57)88(8,9)10)40-65-72-66(84(102)97(83(65)101)79(90(91,92)93)85(103)95(32-36-106-44-61-48-110-61)33-37-107-45-62-49-111-62)41-70(115-58-28-20-54(21-29-58)89(11,12)13)76(78(72)75)74-68(39-64(82(96)100)71(63)77(73)74)113-56-24-16-52(17-25-56)87(5,6)7/h14-29,38-41,50,59-62,79H,30-37,42-49H2,1-13H3. The predicted molar refractivity (Wildman–Crippen MR) is 424 cm³/mol. The second kappa shape index (κ2) is 31.3. The Morgan fingerprint density at radius 3 is 0.835 bits per heavy atom. The second-order valence-corrected chi connectivity index (χ2v) is 34.5. The van der Waals surface area contributed by atoms with Crippen molar-refractivity contribution < 1.29 is 98.8 Å². The summed E-state index contributed by atoms with van der Waals surface area (Å²) in [6.07, 6.45) is -6.18. The zero-order chi connectivity index (χ0) is 81.5. The number of halogens is 3. The lowest BCUT2D eigenvalue weighted by Crippen LogP contribution is -2.61. The van der Waals surface area contributed by atoms with Crippen LogP contribution in [-0.4, -0.2) is 203 Å². The average molecular weight is 1580 g/mol. The summed E-state index contributed by atoms with van der Waals surface area (Å²) >= 11 is 0. The molecular weight excluding hydrogens is 1480 g/mol. The molecule has 0 aliphatic carbocycles.